The highest BCUT2D eigenvalue weighted by molar-refractivity contribution is 7.93. The Hall–Kier alpha value is -2.51. The van der Waals surface area contributed by atoms with Gasteiger partial charge in [-0.3, -0.25) is 0 Å². The van der Waals surface area contributed by atoms with E-state index in [0.29, 0.717) is 28.0 Å². The fourth-order valence-electron chi connectivity index (χ4n) is 3.83. The molecular formula is C18H25N9O5S2. The standard InChI is InChI=1S/C18H25N9O5S2/c19-6-7-33(29,30)13-5-4-9(14(16(13)34(21,31)32)18-24-26-27-25-18)10-2-1-3-12-15(10)23-17(22-12)11(20)8-28/h1-5,11,18,24-28H,6-8,19-20H2,(H,22,23)(H2,21,31,32)/t11-/m1/s1. The van der Waals surface area contributed by atoms with Gasteiger partial charge in [0.05, 0.1) is 34.3 Å². The first kappa shape index (κ1) is 24.6. The number of hydrazine groups is 3. The summed E-state index contributed by atoms with van der Waals surface area (Å²) in [5.41, 5.74) is 24.1. The third kappa shape index (κ3) is 4.43. The van der Waals surface area contributed by atoms with Crippen LogP contribution in [-0.4, -0.2) is 50.8 Å². The number of para-hydroxylation sites is 1. The first-order valence-corrected chi connectivity index (χ1v) is 13.3. The zero-order chi connectivity index (χ0) is 24.7. The molecule has 34 heavy (non-hydrogen) atoms. The van der Waals surface area contributed by atoms with E-state index in [2.05, 4.69) is 31.9 Å². The summed E-state index contributed by atoms with van der Waals surface area (Å²) in [5, 5.41) is 15.0. The summed E-state index contributed by atoms with van der Waals surface area (Å²) in [4.78, 5) is 6.52. The molecule has 14 nitrogen and oxygen atoms in total. The van der Waals surface area contributed by atoms with E-state index in [4.69, 9.17) is 16.6 Å². The number of primary sulfonamides is 1. The van der Waals surface area contributed by atoms with E-state index in [1.165, 1.54) is 12.1 Å². The fraction of sp³-hybridized carbons (Fsp3) is 0.278. The predicted octanol–water partition coefficient (Wildman–Crippen LogP) is -2.28. The lowest BCUT2D eigenvalue weighted by Gasteiger charge is -2.21. The molecule has 2 heterocycles. The second-order valence-electron chi connectivity index (χ2n) is 7.59. The number of nitrogens with one attached hydrogen (secondary N) is 5. The molecule has 0 spiro atoms. The van der Waals surface area contributed by atoms with Gasteiger partial charge >= 0.3 is 0 Å². The van der Waals surface area contributed by atoms with Crippen LogP contribution in [-0.2, 0) is 19.9 Å². The maximum absolute atomic E-state index is 12.9. The molecule has 1 atom stereocenters. The number of nitrogens with zero attached hydrogens (tertiary/aromatic N) is 1. The van der Waals surface area contributed by atoms with E-state index in [-0.39, 0.29) is 18.7 Å². The zero-order valence-corrected chi connectivity index (χ0v) is 19.4. The number of aliphatic hydroxyl groups excluding tert-OH is 1. The zero-order valence-electron chi connectivity index (χ0n) is 17.7. The van der Waals surface area contributed by atoms with Crippen molar-refractivity contribution in [1.29, 1.82) is 0 Å². The van der Waals surface area contributed by atoms with Crippen LogP contribution in [0, 0.1) is 0 Å². The molecule has 1 aromatic heterocycles. The molecule has 0 radical (unpaired) electrons. The quantitative estimate of drug-likeness (QED) is 0.155. The molecule has 2 aromatic carbocycles. The van der Waals surface area contributed by atoms with Crippen LogP contribution >= 0.6 is 0 Å². The van der Waals surface area contributed by atoms with Crippen molar-refractivity contribution in [3.63, 3.8) is 0 Å². The van der Waals surface area contributed by atoms with Crippen LogP contribution in [0.5, 0.6) is 0 Å². The highest BCUT2D eigenvalue weighted by atomic mass is 32.2. The molecule has 16 heteroatoms. The van der Waals surface area contributed by atoms with Gasteiger partial charge in [0.15, 0.2) is 9.84 Å². The number of rotatable bonds is 8. The van der Waals surface area contributed by atoms with Crippen molar-refractivity contribution in [2.24, 2.45) is 16.6 Å². The summed E-state index contributed by atoms with van der Waals surface area (Å²) >= 11 is 0. The minimum Gasteiger partial charge on any atom is -0.394 e. The van der Waals surface area contributed by atoms with Crippen LogP contribution in [0.25, 0.3) is 22.2 Å². The average molecular weight is 512 g/mol. The monoisotopic (exact) mass is 511 g/mol. The summed E-state index contributed by atoms with van der Waals surface area (Å²) in [6.07, 6.45) is -0.898. The van der Waals surface area contributed by atoms with Crippen molar-refractivity contribution >= 4 is 30.9 Å². The molecule has 12 N–H and O–H groups in total. The van der Waals surface area contributed by atoms with Crippen molar-refractivity contribution in [2.45, 2.75) is 22.0 Å². The molecule has 0 unspecified atom stereocenters. The lowest BCUT2D eigenvalue weighted by Crippen LogP contribution is -2.33. The van der Waals surface area contributed by atoms with Gasteiger partial charge in [0.25, 0.3) is 0 Å². The number of imidazole rings is 1. The van der Waals surface area contributed by atoms with Crippen LogP contribution in [0.15, 0.2) is 40.1 Å². The molecule has 1 aliphatic heterocycles. The average Bonchev–Trinajstić information content (AvgIpc) is 3.46. The number of nitrogens with two attached hydrogens (primary N) is 3. The van der Waals surface area contributed by atoms with Gasteiger partial charge in [0.2, 0.25) is 10.0 Å². The van der Waals surface area contributed by atoms with E-state index < -0.39 is 47.6 Å². The van der Waals surface area contributed by atoms with Gasteiger partial charge in [-0.25, -0.2) is 37.8 Å². The van der Waals surface area contributed by atoms with Crippen LogP contribution < -0.4 is 38.5 Å². The molecule has 0 amide bonds. The maximum Gasteiger partial charge on any atom is 0.239 e. The lowest BCUT2D eigenvalue weighted by atomic mass is 9.96. The number of H-pyrrole nitrogens is 1. The largest absolute Gasteiger partial charge is 0.394 e. The first-order chi connectivity index (χ1) is 16.1. The van der Waals surface area contributed by atoms with Gasteiger partial charge in [0.1, 0.15) is 16.9 Å². The molecule has 0 aliphatic carbocycles. The van der Waals surface area contributed by atoms with Crippen molar-refractivity contribution in [1.82, 2.24) is 31.9 Å². The highest BCUT2D eigenvalue weighted by Crippen LogP contribution is 2.39. The minimum absolute atomic E-state index is 0.0570. The van der Waals surface area contributed by atoms with E-state index in [0.717, 1.165) is 0 Å². The molecule has 0 saturated carbocycles. The Morgan fingerprint density at radius 2 is 1.76 bits per heavy atom. The maximum atomic E-state index is 12.9. The predicted molar refractivity (Wildman–Crippen MR) is 123 cm³/mol. The summed E-state index contributed by atoms with van der Waals surface area (Å²) < 4.78 is 51.4. The molecule has 4 rings (SSSR count). The van der Waals surface area contributed by atoms with Crippen LogP contribution in [0.3, 0.4) is 0 Å². The third-order valence-corrected chi connectivity index (χ3v) is 8.24. The number of benzene rings is 2. The van der Waals surface area contributed by atoms with E-state index >= 15 is 0 Å². The Morgan fingerprint density at radius 3 is 2.38 bits per heavy atom. The van der Waals surface area contributed by atoms with Gasteiger partial charge in [-0.05, 0) is 17.7 Å². The second-order valence-corrected chi connectivity index (χ2v) is 11.2. The van der Waals surface area contributed by atoms with Crippen molar-refractivity contribution in [3.05, 3.63) is 41.7 Å². The van der Waals surface area contributed by atoms with Gasteiger partial charge in [-0.2, -0.15) is 11.1 Å². The number of fused-ring (bicyclic) bond motifs is 1. The topological polar surface area (TPSA) is 243 Å². The van der Waals surface area contributed by atoms with Crippen molar-refractivity contribution in [3.8, 4) is 11.1 Å². The molecule has 0 bridgehead atoms. The first-order valence-electron chi connectivity index (χ1n) is 10.1. The van der Waals surface area contributed by atoms with Gasteiger partial charge < -0.3 is 21.6 Å². The van der Waals surface area contributed by atoms with Crippen LogP contribution in [0.4, 0.5) is 0 Å². The lowest BCUT2D eigenvalue weighted by molar-refractivity contribution is 0.264. The number of sulfone groups is 1. The van der Waals surface area contributed by atoms with Gasteiger partial charge in [0, 0.05) is 17.7 Å². The number of aliphatic hydroxyl groups is 1. The van der Waals surface area contributed by atoms with Crippen molar-refractivity contribution in [2.75, 3.05) is 18.9 Å². The Balaban J connectivity index is 2.08. The Labute approximate surface area is 195 Å². The van der Waals surface area contributed by atoms with Gasteiger partial charge in [-0.1, -0.05) is 18.2 Å². The Kier molecular flexibility index (Phi) is 6.71. The second kappa shape index (κ2) is 9.27. The highest BCUT2D eigenvalue weighted by Gasteiger charge is 2.34. The van der Waals surface area contributed by atoms with E-state index in [9.17, 15) is 21.9 Å². The minimum atomic E-state index is -4.54. The number of aromatic amines is 1. The fourth-order valence-corrected chi connectivity index (χ4v) is 6.64. The van der Waals surface area contributed by atoms with Crippen LogP contribution in [0.2, 0.25) is 0 Å². The molecular weight excluding hydrogens is 486 g/mol. The third-order valence-electron chi connectivity index (χ3n) is 5.32. The van der Waals surface area contributed by atoms with E-state index in [1.807, 2.05) is 0 Å². The molecule has 1 aliphatic rings. The van der Waals surface area contributed by atoms with Crippen molar-refractivity contribution < 1.29 is 21.9 Å². The SMILES string of the molecule is NCCS(=O)(=O)c1ccc(-c2cccc3[nH]c([C@H](N)CO)nc23)c(C2NNNN2)c1S(N)(=O)=O. The normalized spacial score (nSPS) is 16.4. The summed E-state index contributed by atoms with van der Waals surface area (Å²) in [7, 11) is -8.61. The number of aromatic nitrogens is 2. The van der Waals surface area contributed by atoms with Crippen LogP contribution in [0.1, 0.15) is 23.6 Å². The van der Waals surface area contributed by atoms with Gasteiger partial charge in [-0.15, -0.1) is 0 Å². The summed E-state index contributed by atoms with van der Waals surface area (Å²) in [5.74, 6) is -0.131. The smallest absolute Gasteiger partial charge is 0.239 e. The number of hydrogen-bond donors (Lipinski definition) is 9. The molecule has 3 aromatic rings. The molecule has 1 fully saturated rings. The summed E-state index contributed by atoms with van der Waals surface area (Å²) in [6.45, 7) is -0.538. The molecule has 184 valence electrons. The Bertz CT molecular complexity index is 1430. The van der Waals surface area contributed by atoms with E-state index in [1.54, 1.807) is 18.2 Å². The number of hydrogen-bond acceptors (Lipinski definition) is 12. The number of sulfonamides is 1. The molecule has 1 saturated heterocycles. The summed E-state index contributed by atoms with van der Waals surface area (Å²) in [6, 6.07) is 7.10. The Morgan fingerprint density at radius 1 is 1.06 bits per heavy atom.